The standard InChI is InChI=1S/C31H58N4O7/c32-35-26(25-36)19-17-18-24-33-28(37)23-22-27(31(41)42)34-29(38)20-15-13-11-9-7-5-3-1-2-4-6-8-10-12-14-16-21-30(39)40/h25-27,35H,1-24,32H2,(H,33,37)(H,34,38)(H,39,40)(H,41,42)/t26?,27-/m0/s1. The van der Waals surface area contributed by atoms with Gasteiger partial charge in [0.25, 0.3) is 0 Å². The zero-order chi connectivity index (χ0) is 31.3. The Hall–Kier alpha value is -2.53. The van der Waals surface area contributed by atoms with Crippen LogP contribution in [0.15, 0.2) is 0 Å². The van der Waals surface area contributed by atoms with Crippen molar-refractivity contribution < 1.29 is 34.2 Å². The summed E-state index contributed by atoms with van der Waals surface area (Å²) in [5, 5.41) is 23.3. The summed E-state index contributed by atoms with van der Waals surface area (Å²) in [5.74, 6) is 2.83. The first-order chi connectivity index (χ1) is 20.3. The van der Waals surface area contributed by atoms with Gasteiger partial charge in [0, 0.05) is 25.8 Å². The number of carboxylic acid groups (broad SMARTS) is 2. The minimum absolute atomic E-state index is 0.0101. The number of hydrogen-bond donors (Lipinski definition) is 6. The average Bonchev–Trinajstić information content (AvgIpc) is 2.96. The van der Waals surface area contributed by atoms with Gasteiger partial charge in [-0.1, -0.05) is 89.9 Å². The molecule has 0 aliphatic heterocycles. The van der Waals surface area contributed by atoms with Crippen LogP contribution in [0.4, 0.5) is 0 Å². The van der Waals surface area contributed by atoms with Crippen LogP contribution in [0.2, 0.25) is 0 Å². The van der Waals surface area contributed by atoms with Crippen molar-refractivity contribution in [3.8, 4) is 0 Å². The summed E-state index contributed by atoms with van der Waals surface area (Å²) in [6.07, 6.45) is 21.5. The van der Waals surface area contributed by atoms with Crippen molar-refractivity contribution in [2.75, 3.05) is 6.54 Å². The van der Waals surface area contributed by atoms with Gasteiger partial charge in [-0.2, -0.15) is 0 Å². The molecular formula is C31H58N4O7. The third-order valence-corrected chi connectivity index (χ3v) is 7.48. The molecule has 7 N–H and O–H groups in total. The summed E-state index contributed by atoms with van der Waals surface area (Å²) in [6.45, 7) is 0.431. The molecule has 42 heavy (non-hydrogen) atoms. The topological polar surface area (TPSA) is 188 Å². The molecule has 0 saturated heterocycles. The van der Waals surface area contributed by atoms with Crippen LogP contribution in [0, 0.1) is 0 Å². The minimum atomic E-state index is -1.14. The molecule has 0 radical (unpaired) electrons. The molecular weight excluding hydrogens is 540 g/mol. The Labute approximate surface area is 252 Å². The molecule has 244 valence electrons. The van der Waals surface area contributed by atoms with E-state index in [2.05, 4.69) is 16.1 Å². The second kappa shape index (κ2) is 28.6. The van der Waals surface area contributed by atoms with Crippen LogP contribution < -0.4 is 21.9 Å². The van der Waals surface area contributed by atoms with Crippen LogP contribution in [0.5, 0.6) is 0 Å². The molecule has 0 aromatic rings. The quantitative estimate of drug-likeness (QED) is 0.0283. The molecule has 0 rings (SSSR count). The number of amides is 2. The number of nitrogens with one attached hydrogen (secondary N) is 3. The van der Waals surface area contributed by atoms with E-state index in [9.17, 15) is 29.1 Å². The van der Waals surface area contributed by atoms with Crippen molar-refractivity contribution in [1.82, 2.24) is 16.1 Å². The summed E-state index contributed by atoms with van der Waals surface area (Å²) < 4.78 is 0. The fourth-order valence-electron chi connectivity index (χ4n) is 4.83. The van der Waals surface area contributed by atoms with Gasteiger partial charge in [-0.3, -0.25) is 25.7 Å². The van der Waals surface area contributed by atoms with Gasteiger partial charge in [0.05, 0.1) is 6.04 Å². The van der Waals surface area contributed by atoms with E-state index in [0.29, 0.717) is 32.2 Å². The highest BCUT2D eigenvalue weighted by Gasteiger charge is 2.20. The predicted molar refractivity (Wildman–Crippen MR) is 164 cm³/mol. The van der Waals surface area contributed by atoms with Crippen molar-refractivity contribution in [2.24, 2.45) is 5.84 Å². The van der Waals surface area contributed by atoms with Crippen LogP contribution in [-0.4, -0.2) is 58.9 Å². The second-order valence-electron chi connectivity index (χ2n) is 11.3. The Morgan fingerprint density at radius 3 is 1.50 bits per heavy atom. The molecule has 0 aliphatic rings. The number of rotatable bonds is 31. The summed E-state index contributed by atoms with van der Waals surface area (Å²) in [6, 6.07) is -1.48. The Kier molecular flexibility index (Phi) is 26.9. The van der Waals surface area contributed by atoms with Crippen LogP contribution in [0.3, 0.4) is 0 Å². The number of nitrogens with two attached hydrogens (primary N) is 1. The number of aldehydes is 1. The van der Waals surface area contributed by atoms with Gasteiger partial charge >= 0.3 is 11.9 Å². The minimum Gasteiger partial charge on any atom is -0.481 e. The van der Waals surface area contributed by atoms with E-state index in [1.165, 1.54) is 57.8 Å². The molecule has 1 unspecified atom stereocenters. The number of hydrogen-bond acceptors (Lipinski definition) is 7. The van der Waals surface area contributed by atoms with Crippen LogP contribution in [0.25, 0.3) is 0 Å². The zero-order valence-electron chi connectivity index (χ0n) is 25.7. The van der Waals surface area contributed by atoms with Crippen LogP contribution in [0.1, 0.15) is 148 Å². The first-order valence-electron chi connectivity index (χ1n) is 16.2. The fraction of sp³-hybridized carbons (Fsp3) is 0.839. The summed E-state index contributed by atoms with van der Waals surface area (Å²) >= 11 is 0. The van der Waals surface area contributed by atoms with Gasteiger partial charge < -0.3 is 25.6 Å². The maximum absolute atomic E-state index is 12.2. The maximum Gasteiger partial charge on any atom is 0.326 e. The van der Waals surface area contributed by atoms with Crippen LogP contribution >= 0.6 is 0 Å². The lowest BCUT2D eigenvalue weighted by atomic mass is 10.0. The Balaban J connectivity index is 3.65. The summed E-state index contributed by atoms with van der Waals surface area (Å²) in [5.41, 5.74) is 2.40. The SMILES string of the molecule is NNC(C=O)CCCCNC(=O)CC[C@H](NC(=O)CCCCCCCCCCCCCCCCCCC(=O)O)C(=O)O. The molecule has 2 atom stereocenters. The predicted octanol–water partition coefficient (Wildman–Crippen LogP) is 4.76. The second-order valence-corrected chi connectivity index (χ2v) is 11.3. The molecule has 0 aromatic carbocycles. The first-order valence-corrected chi connectivity index (χ1v) is 16.2. The highest BCUT2D eigenvalue weighted by Crippen LogP contribution is 2.14. The van der Waals surface area contributed by atoms with Crippen molar-refractivity contribution in [3.05, 3.63) is 0 Å². The largest absolute Gasteiger partial charge is 0.481 e. The third kappa shape index (κ3) is 26.4. The van der Waals surface area contributed by atoms with E-state index in [0.717, 1.165) is 51.2 Å². The number of unbranched alkanes of at least 4 members (excludes halogenated alkanes) is 16. The number of carbonyl (C=O) groups is 5. The Morgan fingerprint density at radius 2 is 1.07 bits per heavy atom. The van der Waals surface area contributed by atoms with E-state index >= 15 is 0 Å². The molecule has 0 fully saturated rings. The smallest absolute Gasteiger partial charge is 0.326 e. The lowest BCUT2D eigenvalue weighted by Gasteiger charge is -2.14. The van der Waals surface area contributed by atoms with Gasteiger partial charge in [-0.15, -0.1) is 0 Å². The van der Waals surface area contributed by atoms with Crippen LogP contribution in [-0.2, 0) is 24.0 Å². The summed E-state index contributed by atoms with van der Waals surface area (Å²) in [4.78, 5) is 56.9. The maximum atomic E-state index is 12.2. The molecule has 0 bridgehead atoms. The highest BCUT2D eigenvalue weighted by molar-refractivity contribution is 5.84. The van der Waals surface area contributed by atoms with Crippen molar-refractivity contribution in [1.29, 1.82) is 0 Å². The van der Waals surface area contributed by atoms with Gasteiger partial charge in [0.15, 0.2) is 0 Å². The molecule has 0 saturated carbocycles. The van der Waals surface area contributed by atoms with E-state index in [-0.39, 0.29) is 31.1 Å². The van der Waals surface area contributed by atoms with Crippen molar-refractivity contribution in [3.63, 3.8) is 0 Å². The number of carbonyl (C=O) groups excluding carboxylic acids is 3. The number of carboxylic acids is 2. The number of aliphatic carboxylic acids is 2. The highest BCUT2D eigenvalue weighted by atomic mass is 16.4. The Bertz CT molecular complexity index is 736. The van der Waals surface area contributed by atoms with Gasteiger partial charge in [-0.25, -0.2) is 4.79 Å². The lowest BCUT2D eigenvalue weighted by Crippen LogP contribution is -2.41. The third-order valence-electron chi connectivity index (χ3n) is 7.48. The van der Waals surface area contributed by atoms with E-state index < -0.39 is 24.0 Å². The van der Waals surface area contributed by atoms with Gasteiger partial charge in [0.2, 0.25) is 11.8 Å². The Morgan fingerprint density at radius 1 is 0.595 bits per heavy atom. The van der Waals surface area contributed by atoms with E-state index in [1.54, 1.807) is 0 Å². The van der Waals surface area contributed by atoms with Crippen molar-refractivity contribution >= 4 is 30.0 Å². The molecule has 11 heteroatoms. The zero-order valence-corrected chi connectivity index (χ0v) is 25.7. The van der Waals surface area contributed by atoms with Gasteiger partial charge in [-0.05, 0) is 38.5 Å². The molecule has 2 amide bonds. The van der Waals surface area contributed by atoms with Crippen molar-refractivity contribution in [2.45, 2.75) is 160 Å². The summed E-state index contributed by atoms with van der Waals surface area (Å²) in [7, 11) is 0. The normalized spacial score (nSPS) is 12.4. The average molecular weight is 599 g/mol. The molecule has 0 aromatic heterocycles. The first kappa shape index (κ1) is 39.5. The van der Waals surface area contributed by atoms with E-state index in [4.69, 9.17) is 10.9 Å². The molecule has 0 spiro atoms. The molecule has 0 aliphatic carbocycles. The monoisotopic (exact) mass is 598 g/mol. The molecule has 11 nitrogen and oxygen atoms in total. The molecule has 0 heterocycles. The van der Waals surface area contributed by atoms with E-state index in [1.807, 2.05) is 0 Å². The lowest BCUT2D eigenvalue weighted by molar-refractivity contribution is -0.142. The number of hydrazine groups is 1. The van der Waals surface area contributed by atoms with Gasteiger partial charge in [0.1, 0.15) is 12.3 Å². The fourth-order valence-corrected chi connectivity index (χ4v) is 4.83.